The van der Waals surface area contributed by atoms with E-state index in [4.69, 9.17) is 17.0 Å². The van der Waals surface area contributed by atoms with E-state index in [2.05, 4.69) is 32.3 Å². The Labute approximate surface area is 167 Å². The van der Waals surface area contributed by atoms with E-state index in [-0.39, 0.29) is 5.82 Å². The van der Waals surface area contributed by atoms with Crippen molar-refractivity contribution in [2.24, 2.45) is 5.10 Å². The van der Waals surface area contributed by atoms with E-state index in [9.17, 15) is 4.39 Å². The van der Waals surface area contributed by atoms with Crippen LogP contribution in [-0.2, 0) is 11.2 Å². The molecule has 4 rings (SSSR count). The second-order valence-corrected chi connectivity index (χ2v) is 6.88. The van der Waals surface area contributed by atoms with Crippen LogP contribution in [0.3, 0.4) is 0 Å². The van der Waals surface area contributed by atoms with E-state index < -0.39 is 0 Å². The summed E-state index contributed by atoms with van der Waals surface area (Å²) in [6.45, 7) is 3.34. The topological polar surface area (TPSA) is 58.4 Å². The Hall–Kier alpha value is -2.84. The molecular formula is C20H20FN5OS. The minimum absolute atomic E-state index is 0.263. The summed E-state index contributed by atoms with van der Waals surface area (Å²) < 4.78 is 20.5. The third-order valence-electron chi connectivity index (χ3n) is 4.58. The Bertz CT molecular complexity index is 1000. The number of benzene rings is 2. The maximum absolute atomic E-state index is 13.1. The van der Waals surface area contributed by atoms with Gasteiger partial charge < -0.3 is 9.64 Å². The number of ether oxygens (including phenoxy) is 1. The maximum atomic E-state index is 13.1. The first-order chi connectivity index (χ1) is 13.7. The molecule has 8 heteroatoms. The molecule has 0 saturated carbocycles. The lowest BCUT2D eigenvalue weighted by molar-refractivity contribution is 0.122. The van der Waals surface area contributed by atoms with Crippen molar-refractivity contribution in [2.45, 2.75) is 6.42 Å². The summed E-state index contributed by atoms with van der Waals surface area (Å²) in [5, 5.41) is 11.5. The van der Waals surface area contributed by atoms with Gasteiger partial charge in [0.25, 0.3) is 0 Å². The van der Waals surface area contributed by atoms with E-state index in [0.29, 0.717) is 17.0 Å². The van der Waals surface area contributed by atoms with Crippen molar-refractivity contribution in [1.82, 2.24) is 14.9 Å². The van der Waals surface area contributed by atoms with Crippen LogP contribution in [0, 0.1) is 10.6 Å². The number of rotatable bonds is 5. The number of nitrogens with zero attached hydrogens (tertiary/aromatic N) is 4. The lowest BCUT2D eigenvalue weighted by atomic mass is 10.1. The number of nitrogens with one attached hydrogen (secondary N) is 1. The van der Waals surface area contributed by atoms with Gasteiger partial charge in [-0.25, -0.2) is 4.39 Å². The molecule has 0 atom stereocenters. The van der Waals surface area contributed by atoms with Crippen LogP contribution in [-0.4, -0.2) is 47.4 Å². The number of morpholine rings is 1. The van der Waals surface area contributed by atoms with Crippen LogP contribution in [0.2, 0.25) is 0 Å². The number of aromatic nitrogens is 3. The Kier molecular flexibility index (Phi) is 5.59. The van der Waals surface area contributed by atoms with Crippen molar-refractivity contribution >= 4 is 24.1 Å². The van der Waals surface area contributed by atoms with Crippen molar-refractivity contribution in [3.63, 3.8) is 0 Å². The van der Waals surface area contributed by atoms with Gasteiger partial charge in [0, 0.05) is 25.2 Å². The average molecular weight is 397 g/mol. The molecule has 0 spiro atoms. The molecule has 0 radical (unpaired) electrons. The summed E-state index contributed by atoms with van der Waals surface area (Å²) in [7, 11) is 0. The predicted octanol–water partition coefficient (Wildman–Crippen LogP) is 3.39. The van der Waals surface area contributed by atoms with E-state index in [0.717, 1.165) is 37.4 Å². The summed E-state index contributed by atoms with van der Waals surface area (Å²) in [5.41, 5.74) is 3.08. The summed E-state index contributed by atoms with van der Waals surface area (Å²) in [5.74, 6) is 0.402. The fourth-order valence-corrected chi connectivity index (χ4v) is 3.26. The fraction of sp³-hybridized carbons (Fsp3) is 0.250. The minimum atomic E-state index is -0.263. The van der Waals surface area contributed by atoms with Gasteiger partial charge in [0.2, 0.25) is 4.77 Å². The standard InChI is InChI=1S/C20H20FN5OS/c21-17-5-1-15(2-6-17)13-19-23-24-20(28)26(19)22-14-16-3-7-18(8-4-16)25-9-11-27-12-10-25/h1-8,14H,9-13H2,(H,24,28)/b22-14-. The maximum Gasteiger partial charge on any atom is 0.216 e. The van der Waals surface area contributed by atoms with E-state index in [1.54, 1.807) is 23.0 Å². The van der Waals surface area contributed by atoms with Crippen molar-refractivity contribution in [3.8, 4) is 0 Å². The van der Waals surface area contributed by atoms with E-state index in [1.807, 2.05) is 12.1 Å². The molecule has 3 aromatic rings. The Balaban J connectivity index is 1.49. The second-order valence-electron chi connectivity index (χ2n) is 6.50. The van der Waals surface area contributed by atoms with Crippen LogP contribution in [0.15, 0.2) is 53.6 Å². The third kappa shape index (κ3) is 4.35. The highest BCUT2D eigenvalue weighted by atomic mass is 32.1. The average Bonchev–Trinajstić information content (AvgIpc) is 3.08. The van der Waals surface area contributed by atoms with Crippen molar-refractivity contribution in [2.75, 3.05) is 31.2 Å². The normalized spacial score (nSPS) is 14.7. The number of H-pyrrole nitrogens is 1. The summed E-state index contributed by atoms with van der Waals surface area (Å²) in [6.07, 6.45) is 2.25. The highest BCUT2D eigenvalue weighted by molar-refractivity contribution is 7.71. The van der Waals surface area contributed by atoms with Gasteiger partial charge in [0.1, 0.15) is 5.82 Å². The van der Waals surface area contributed by atoms with Gasteiger partial charge in [-0.2, -0.15) is 14.9 Å². The van der Waals surface area contributed by atoms with Crippen LogP contribution in [0.5, 0.6) is 0 Å². The van der Waals surface area contributed by atoms with Gasteiger partial charge in [-0.3, -0.25) is 5.10 Å². The van der Waals surface area contributed by atoms with Gasteiger partial charge in [0.05, 0.1) is 19.4 Å². The monoisotopic (exact) mass is 397 g/mol. The first-order valence-corrected chi connectivity index (χ1v) is 9.48. The summed E-state index contributed by atoms with van der Waals surface area (Å²) >= 11 is 5.28. The Morgan fingerprint density at radius 1 is 1.11 bits per heavy atom. The van der Waals surface area contributed by atoms with Gasteiger partial charge in [-0.05, 0) is 47.6 Å². The molecule has 0 unspecified atom stereocenters. The Morgan fingerprint density at radius 3 is 2.54 bits per heavy atom. The van der Waals surface area contributed by atoms with E-state index >= 15 is 0 Å². The third-order valence-corrected chi connectivity index (χ3v) is 4.85. The Morgan fingerprint density at radius 2 is 1.82 bits per heavy atom. The molecule has 0 bridgehead atoms. The molecule has 1 aromatic heterocycles. The van der Waals surface area contributed by atoms with Gasteiger partial charge in [-0.15, -0.1) is 0 Å². The molecule has 2 aromatic carbocycles. The first-order valence-electron chi connectivity index (χ1n) is 9.07. The van der Waals surface area contributed by atoms with E-state index in [1.165, 1.54) is 17.8 Å². The molecule has 144 valence electrons. The van der Waals surface area contributed by atoms with Gasteiger partial charge >= 0.3 is 0 Å². The molecule has 0 aliphatic carbocycles. The molecule has 1 N–H and O–H groups in total. The number of hydrogen-bond acceptors (Lipinski definition) is 5. The van der Waals surface area contributed by atoms with Crippen LogP contribution >= 0.6 is 12.2 Å². The summed E-state index contributed by atoms with van der Waals surface area (Å²) in [6, 6.07) is 14.5. The zero-order valence-corrected chi connectivity index (χ0v) is 16.0. The molecule has 6 nitrogen and oxygen atoms in total. The number of hydrogen-bond donors (Lipinski definition) is 1. The molecule has 28 heavy (non-hydrogen) atoms. The zero-order valence-electron chi connectivity index (χ0n) is 15.2. The number of anilines is 1. The highest BCUT2D eigenvalue weighted by Crippen LogP contribution is 2.16. The molecule has 1 aliphatic heterocycles. The van der Waals surface area contributed by atoms with Crippen LogP contribution in [0.25, 0.3) is 0 Å². The van der Waals surface area contributed by atoms with Crippen molar-refractivity contribution in [3.05, 3.63) is 76.1 Å². The van der Waals surface area contributed by atoms with Crippen LogP contribution < -0.4 is 4.90 Å². The minimum Gasteiger partial charge on any atom is -0.378 e. The summed E-state index contributed by atoms with van der Waals surface area (Å²) in [4.78, 5) is 2.30. The molecular weight excluding hydrogens is 377 g/mol. The van der Waals surface area contributed by atoms with Crippen LogP contribution in [0.4, 0.5) is 10.1 Å². The fourth-order valence-electron chi connectivity index (χ4n) is 3.06. The molecule has 1 saturated heterocycles. The number of halogens is 1. The molecule has 1 aliphatic rings. The SMILES string of the molecule is Fc1ccc(Cc2n[nH]c(=S)n2/N=C\c2ccc(N3CCOCC3)cc2)cc1. The smallest absolute Gasteiger partial charge is 0.216 e. The first kappa shape index (κ1) is 18.5. The van der Waals surface area contributed by atoms with Gasteiger partial charge in [-0.1, -0.05) is 24.3 Å². The zero-order chi connectivity index (χ0) is 19.3. The van der Waals surface area contributed by atoms with Crippen molar-refractivity contribution in [1.29, 1.82) is 0 Å². The largest absolute Gasteiger partial charge is 0.378 e. The molecule has 2 heterocycles. The molecule has 1 fully saturated rings. The predicted molar refractivity (Wildman–Crippen MR) is 109 cm³/mol. The lowest BCUT2D eigenvalue weighted by Gasteiger charge is -2.28. The highest BCUT2D eigenvalue weighted by Gasteiger charge is 2.10. The lowest BCUT2D eigenvalue weighted by Crippen LogP contribution is -2.36. The molecule has 0 amide bonds. The van der Waals surface area contributed by atoms with Crippen molar-refractivity contribution < 1.29 is 9.13 Å². The number of aromatic amines is 1. The second kappa shape index (κ2) is 8.45. The van der Waals surface area contributed by atoms with Gasteiger partial charge in [0.15, 0.2) is 5.82 Å². The quantitative estimate of drug-likeness (QED) is 0.530. The van der Waals surface area contributed by atoms with Crippen LogP contribution in [0.1, 0.15) is 17.0 Å².